The van der Waals surface area contributed by atoms with Crippen LogP contribution in [-0.2, 0) is 16.2 Å². The summed E-state index contributed by atoms with van der Waals surface area (Å²) in [6.07, 6.45) is -4.77. The van der Waals surface area contributed by atoms with Gasteiger partial charge in [0.05, 0.1) is 28.6 Å². The minimum atomic E-state index is -4.82. The summed E-state index contributed by atoms with van der Waals surface area (Å²) >= 11 is 0. The molecule has 4 rings (SSSR count). The summed E-state index contributed by atoms with van der Waals surface area (Å²) in [4.78, 5) is 1.05. The monoisotopic (exact) mass is 485 g/mol. The maximum Gasteiger partial charge on any atom is 0.417 e. The summed E-state index contributed by atoms with van der Waals surface area (Å²) in [5.74, 6) is -2.81. The third kappa shape index (κ3) is 4.74. The lowest BCUT2D eigenvalue weighted by molar-refractivity contribution is -0.137. The molecule has 33 heavy (non-hydrogen) atoms. The van der Waals surface area contributed by atoms with E-state index in [1.165, 1.54) is 24.3 Å². The Labute approximate surface area is 188 Å². The van der Waals surface area contributed by atoms with E-state index in [2.05, 4.69) is 0 Å². The predicted molar refractivity (Wildman–Crippen MR) is 110 cm³/mol. The lowest BCUT2D eigenvalue weighted by Crippen LogP contribution is -2.38. The van der Waals surface area contributed by atoms with Crippen molar-refractivity contribution in [2.75, 3.05) is 26.2 Å². The summed E-state index contributed by atoms with van der Waals surface area (Å²) in [5.41, 5.74) is -0.833. The van der Waals surface area contributed by atoms with Gasteiger partial charge in [0.15, 0.2) is 0 Å². The van der Waals surface area contributed by atoms with Crippen molar-refractivity contribution in [3.05, 3.63) is 53.6 Å². The lowest BCUT2D eigenvalue weighted by atomic mass is 9.98. The summed E-state index contributed by atoms with van der Waals surface area (Å²) in [7, 11) is -4.25. The molecular formula is C22H20F5N3O2S. The molecule has 2 aliphatic heterocycles. The second-order valence-corrected chi connectivity index (χ2v) is 10.2. The topological polar surface area (TPSA) is 64.4 Å². The first kappa shape index (κ1) is 23.6. The molecule has 5 nitrogen and oxygen atoms in total. The molecule has 0 bridgehead atoms. The summed E-state index contributed by atoms with van der Waals surface area (Å²) in [6, 6.07) is 9.83. The number of hydrogen-bond acceptors (Lipinski definition) is 4. The smallest absolute Gasteiger partial charge is 0.293 e. The van der Waals surface area contributed by atoms with Crippen LogP contribution in [-0.4, -0.2) is 55.8 Å². The van der Waals surface area contributed by atoms with Crippen molar-refractivity contribution in [1.29, 1.82) is 5.26 Å². The molecule has 1 unspecified atom stereocenters. The number of sulfonamides is 1. The molecule has 2 saturated heterocycles. The van der Waals surface area contributed by atoms with Crippen molar-refractivity contribution in [2.45, 2.75) is 35.9 Å². The van der Waals surface area contributed by atoms with Crippen LogP contribution in [0.5, 0.6) is 0 Å². The number of rotatable bonds is 4. The fourth-order valence-electron chi connectivity index (χ4n) is 4.34. The Balaban J connectivity index is 1.62. The Morgan fingerprint density at radius 3 is 2.33 bits per heavy atom. The van der Waals surface area contributed by atoms with Crippen LogP contribution in [0.2, 0.25) is 0 Å². The molecule has 0 aliphatic carbocycles. The standard InChI is InChI=1S/C22H20F5N3O2S/c23-21(24)8-10-29(14-21)17-7-9-30(13-17)33(31,32)18-5-6-19(20(11-18)22(25,26)27)16-3-1-15(12-28)2-4-16/h1-6,11,17H,7-10,13-14H2. The van der Waals surface area contributed by atoms with Crippen LogP contribution in [0.3, 0.4) is 0 Å². The Bertz CT molecular complexity index is 1190. The molecular weight excluding hydrogens is 465 g/mol. The maximum absolute atomic E-state index is 13.8. The SMILES string of the molecule is N#Cc1ccc(-c2ccc(S(=O)(=O)N3CCC(N4CCC(F)(F)C4)C3)cc2C(F)(F)F)cc1. The van der Waals surface area contributed by atoms with Gasteiger partial charge in [0.25, 0.3) is 5.92 Å². The second-order valence-electron chi connectivity index (χ2n) is 8.28. The van der Waals surface area contributed by atoms with E-state index in [0.717, 1.165) is 16.4 Å². The Morgan fingerprint density at radius 1 is 1.06 bits per heavy atom. The first-order valence-electron chi connectivity index (χ1n) is 10.2. The van der Waals surface area contributed by atoms with Gasteiger partial charge in [-0.1, -0.05) is 18.2 Å². The maximum atomic E-state index is 13.8. The number of alkyl halides is 5. The minimum Gasteiger partial charge on any atom is -0.293 e. The van der Waals surface area contributed by atoms with Crippen molar-refractivity contribution >= 4 is 10.0 Å². The fraction of sp³-hybridized carbons (Fsp3) is 0.409. The molecule has 2 aromatic carbocycles. The van der Waals surface area contributed by atoms with Gasteiger partial charge in [0.1, 0.15) is 0 Å². The van der Waals surface area contributed by atoms with Crippen molar-refractivity contribution in [1.82, 2.24) is 9.21 Å². The van der Waals surface area contributed by atoms with Gasteiger partial charge in [-0.05, 0) is 41.8 Å². The van der Waals surface area contributed by atoms with Gasteiger partial charge in [-0.3, -0.25) is 4.90 Å². The fourth-order valence-corrected chi connectivity index (χ4v) is 5.86. The van der Waals surface area contributed by atoms with Gasteiger partial charge in [-0.25, -0.2) is 17.2 Å². The van der Waals surface area contributed by atoms with E-state index in [1.807, 2.05) is 6.07 Å². The predicted octanol–water partition coefficient (Wildman–Crippen LogP) is 4.35. The number of benzene rings is 2. The van der Waals surface area contributed by atoms with Crippen molar-refractivity contribution in [2.24, 2.45) is 0 Å². The molecule has 11 heteroatoms. The summed E-state index contributed by atoms with van der Waals surface area (Å²) in [6.45, 7) is -0.281. The molecule has 0 N–H and O–H groups in total. The Kier molecular flexibility index (Phi) is 5.97. The molecule has 2 heterocycles. The average molecular weight is 485 g/mol. The van der Waals surface area contributed by atoms with Gasteiger partial charge in [0, 0.05) is 32.1 Å². The summed E-state index contributed by atoms with van der Waals surface area (Å²) in [5, 5.41) is 8.88. The van der Waals surface area contributed by atoms with E-state index in [4.69, 9.17) is 5.26 Å². The highest BCUT2D eigenvalue weighted by molar-refractivity contribution is 7.89. The number of hydrogen-bond donors (Lipinski definition) is 0. The van der Waals surface area contributed by atoms with Crippen LogP contribution < -0.4 is 0 Å². The van der Waals surface area contributed by atoms with E-state index < -0.39 is 45.2 Å². The first-order valence-corrected chi connectivity index (χ1v) is 11.7. The van der Waals surface area contributed by atoms with Crippen LogP contribution in [0.15, 0.2) is 47.4 Å². The second kappa shape index (κ2) is 8.34. The Morgan fingerprint density at radius 2 is 1.76 bits per heavy atom. The van der Waals surface area contributed by atoms with Gasteiger partial charge in [0.2, 0.25) is 10.0 Å². The summed E-state index contributed by atoms with van der Waals surface area (Å²) < 4.78 is 95.8. The zero-order valence-electron chi connectivity index (χ0n) is 17.3. The molecule has 0 radical (unpaired) electrons. The number of nitriles is 1. The van der Waals surface area contributed by atoms with Gasteiger partial charge in [-0.2, -0.15) is 22.7 Å². The molecule has 1 atom stereocenters. The third-order valence-electron chi connectivity index (χ3n) is 6.10. The van der Waals surface area contributed by atoms with Crippen molar-refractivity contribution in [3.8, 4) is 17.2 Å². The number of halogens is 5. The zero-order valence-corrected chi connectivity index (χ0v) is 18.1. The molecule has 2 aliphatic rings. The highest BCUT2D eigenvalue weighted by atomic mass is 32.2. The van der Waals surface area contributed by atoms with Crippen molar-refractivity contribution < 1.29 is 30.4 Å². The highest BCUT2D eigenvalue weighted by Crippen LogP contribution is 2.39. The van der Waals surface area contributed by atoms with Crippen molar-refractivity contribution in [3.63, 3.8) is 0 Å². The van der Waals surface area contributed by atoms with Crippen LogP contribution in [0, 0.1) is 11.3 Å². The van der Waals surface area contributed by atoms with E-state index in [0.29, 0.717) is 12.5 Å². The van der Waals surface area contributed by atoms with E-state index in [9.17, 15) is 30.4 Å². The molecule has 0 amide bonds. The average Bonchev–Trinajstić information content (AvgIpc) is 3.40. The lowest BCUT2D eigenvalue weighted by Gasteiger charge is -2.24. The van der Waals surface area contributed by atoms with Crippen LogP contribution in [0.25, 0.3) is 11.1 Å². The Hall–Kier alpha value is -2.55. The largest absolute Gasteiger partial charge is 0.417 e. The van der Waals surface area contributed by atoms with Gasteiger partial charge in [-0.15, -0.1) is 0 Å². The molecule has 0 aromatic heterocycles. The van der Waals surface area contributed by atoms with Gasteiger partial charge < -0.3 is 0 Å². The molecule has 2 aromatic rings. The van der Waals surface area contributed by atoms with Crippen LogP contribution >= 0.6 is 0 Å². The van der Waals surface area contributed by atoms with E-state index >= 15 is 0 Å². The minimum absolute atomic E-state index is 0.0445. The van der Waals surface area contributed by atoms with Gasteiger partial charge >= 0.3 is 6.18 Å². The normalized spacial score (nSPS) is 21.9. The molecule has 0 spiro atoms. The third-order valence-corrected chi connectivity index (χ3v) is 7.96. The number of nitrogens with zero attached hydrogens (tertiary/aromatic N) is 3. The number of likely N-dealkylation sites (tertiary alicyclic amines) is 1. The zero-order chi connectivity index (χ0) is 24.0. The van der Waals surface area contributed by atoms with Crippen LogP contribution in [0.1, 0.15) is 24.0 Å². The van der Waals surface area contributed by atoms with E-state index in [1.54, 1.807) is 4.90 Å². The molecule has 176 valence electrons. The molecule has 0 saturated carbocycles. The quantitative estimate of drug-likeness (QED) is 0.605. The van der Waals surface area contributed by atoms with E-state index in [-0.39, 0.29) is 42.7 Å². The molecule has 2 fully saturated rings. The van der Waals surface area contributed by atoms with Crippen LogP contribution in [0.4, 0.5) is 22.0 Å². The highest BCUT2D eigenvalue weighted by Gasteiger charge is 2.44. The first-order chi connectivity index (χ1) is 15.4.